The van der Waals surface area contributed by atoms with Gasteiger partial charge in [0.05, 0.1) is 17.3 Å². The Morgan fingerprint density at radius 1 is 1.17 bits per heavy atom. The van der Waals surface area contributed by atoms with E-state index in [1.54, 1.807) is 30.3 Å². The second-order valence-corrected chi connectivity index (χ2v) is 7.24. The van der Waals surface area contributed by atoms with Crippen molar-refractivity contribution >= 4 is 56.3 Å². The van der Waals surface area contributed by atoms with Crippen LogP contribution in [0.2, 0.25) is 5.02 Å². The summed E-state index contributed by atoms with van der Waals surface area (Å²) < 4.78 is 0.774. The fourth-order valence-electron chi connectivity index (χ4n) is 3.07. The van der Waals surface area contributed by atoms with E-state index in [2.05, 4.69) is 26.6 Å². The third-order valence-corrected chi connectivity index (χ3v) is 5.28. The van der Waals surface area contributed by atoms with E-state index >= 15 is 0 Å². The van der Waals surface area contributed by atoms with Crippen LogP contribution in [0.3, 0.4) is 0 Å². The van der Waals surface area contributed by atoms with Gasteiger partial charge in [0.25, 0.3) is 0 Å². The Morgan fingerprint density at radius 2 is 1.96 bits per heavy atom. The van der Waals surface area contributed by atoms with Crippen molar-refractivity contribution in [2.24, 2.45) is 0 Å². The molecule has 1 aliphatic carbocycles. The van der Waals surface area contributed by atoms with Gasteiger partial charge in [-0.3, -0.25) is 4.79 Å². The Hall–Kier alpha value is -1.89. The van der Waals surface area contributed by atoms with Gasteiger partial charge in [-0.25, -0.2) is 0 Å². The van der Waals surface area contributed by atoms with Crippen LogP contribution in [0.25, 0.3) is 5.70 Å². The van der Waals surface area contributed by atoms with Crippen molar-refractivity contribution in [1.29, 1.82) is 0 Å². The summed E-state index contributed by atoms with van der Waals surface area (Å²) in [7, 11) is 0. The molecule has 0 aromatic heterocycles. The minimum atomic E-state index is -0.464. The van der Waals surface area contributed by atoms with Crippen molar-refractivity contribution < 1.29 is 9.90 Å². The van der Waals surface area contributed by atoms with Crippen molar-refractivity contribution in [1.82, 2.24) is 10.6 Å². The standard InChI is InChI=1S/C17H10BrClN2O2S/c18-12-4-2-8(22)6-11(12)15-13-14(20-17(24)21-15)9-3-1-7(19)5-10(9)16(13)23/h1-6,15,22H,(H2,20,21,24). The lowest BCUT2D eigenvalue weighted by molar-refractivity contribution is 0.103. The average Bonchev–Trinajstić information content (AvgIpc) is 2.81. The topological polar surface area (TPSA) is 61.4 Å². The maximum Gasteiger partial charge on any atom is 0.194 e. The van der Waals surface area contributed by atoms with Crippen molar-refractivity contribution in [3.05, 3.63) is 68.2 Å². The summed E-state index contributed by atoms with van der Waals surface area (Å²) >= 11 is 14.8. The average molecular weight is 422 g/mol. The summed E-state index contributed by atoms with van der Waals surface area (Å²) in [5, 5.41) is 17.0. The van der Waals surface area contributed by atoms with E-state index in [0.29, 0.717) is 27.0 Å². The van der Waals surface area contributed by atoms with Crippen LogP contribution in [-0.4, -0.2) is 16.0 Å². The highest BCUT2D eigenvalue weighted by atomic mass is 79.9. The molecule has 2 aliphatic rings. The third kappa shape index (κ3) is 2.33. The molecule has 0 spiro atoms. The number of hydrogen-bond donors (Lipinski definition) is 3. The van der Waals surface area contributed by atoms with Crippen molar-refractivity contribution in [3.63, 3.8) is 0 Å². The summed E-state index contributed by atoms with van der Waals surface area (Å²) in [5.41, 5.74) is 3.32. The van der Waals surface area contributed by atoms with Gasteiger partial charge in [0.15, 0.2) is 10.9 Å². The zero-order valence-electron chi connectivity index (χ0n) is 12.1. The summed E-state index contributed by atoms with van der Waals surface area (Å²) in [6.07, 6.45) is 0. The van der Waals surface area contributed by atoms with E-state index < -0.39 is 6.04 Å². The Balaban J connectivity index is 1.92. The number of rotatable bonds is 1. The molecule has 7 heteroatoms. The molecule has 1 heterocycles. The fraction of sp³-hybridized carbons (Fsp3) is 0.0588. The largest absolute Gasteiger partial charge is 0.508 e. The zero-order chi connectivity index (χ0) is 17.0. The quantitative estimate of drug-likeness (QED) is 0.609. The lowest BCUT2D eigenvalue weighted by Gasteiger charge is -2.29. The molecule has 4 rings (SSSR count). The van der Waals surface area contributed by atoms with Crippen LogP contribution in [0.15, 0.2) is 46.4 Å². The summed E-state index contributed by atoms with van der Waals surface area (Å²) in [6, 6.07) is 9.69. The third-order valence-electron chi connectivity index (χ3n) is 4.10. The molecule has 1 unspecified atom stereocenters. The molecule has 1 aliphatic heterocycles. The second kappa shape index (κ2) is 5.58. The maximum absolute atomic E-state index is 13.0. The molecule has 1 atom stereocenters. The van der Waals surface area contributed by atoms with Crippen molar-refractivity contribution in [3.8, 4) is 5.75 Å². The van der Waals surface area contributed by atoms with Gasteiger partial charge < -0.3 is 15.7 Å². The number of nitrogens with one attached hydrogen (secondary N) is 2. The molecule has 24 heavy (non-hydrogen) atoms. The molecule has 0 radical (unpaired) electrons. The predicted molar refractivity (Wildman–Crippen MR) is 100 cm³/mol. The molecule has 0 saturated carbocycles. The number of phenols is 1. The molecule has 0 bridgehead atoms. The number of carbonyl (C=O) groups excluding carboxylic acids is 1. The molecule has 2 aromatic rings. The van der Waals surface area contributed by atoms with Crippen molar-refractivity contribution in [2.45, 2.75) is 6.04 Å². The molecule has 120 valence electrons. The van der Waals surface area contributed by atoms with Gasteiger partial charge in [0.1, 0.15) is 5.75 Å². The van der Waals surface area contributed by atoms with E-state index in [1.165, 1.54) is 0 Å². The predicted octanol–water partition coefficient (Wildman–Crippen LogP) is 3.93. The maximum atomic E-state index is 13.0. The Morgan fingerprint density at radius 3 is 2.75 bits per heavy atom. The highest BCUT2D eigenvalue weighted by Crippen LogP contribution is 2.42. The summed E-state index contributed by atoms with van der Waals surface area (Å²) in [4.78, 5) is 13.0. The van der Waals surface area contributed by atoms with Gasteiger partial charge in [-0.15, -0.1) is 0 Å². The zero-order valence-corrected chi connectivity index (χ0v) is 15.2. The molecule has 0 saturated heterocycles. The number of aromatic hydroxyl groups is 1. The smallest absolute Gasteiger partial charge is 0.194 e. The normalized spacial score (nSPS) is 18.8. The van der Waals surface area contributed by atoms with Crippen LogP contribution in [0.5, 0.6) is 5.75 Å². The molecule has 0 amide bonds. The highest BCUT2D eigenvalue weighted by Gasteiger charge is 2.39. The van der Waals surface area contributed by atoms with Gasteiger partial charge in [-0.2, -0.15) is 0 Å². The Labute approximate surface area is 156 Å². The first kappa shape index (κ1) is 15.6. The van der Waals surface area contributed by atoms with Gasteiger partial charge >= 0.3 is 0 Å². The van der Waals surface area contributed by atoms with Crippen LogP contribution < -0.4 is 10.6 Å². The monoisotopic (exact) mass is 420 g/mol. The van der Waals surface area contributed by atoms with Gasteiger partial charge in [0.2, 0.25) is 0 Å². The number of hydrogen-bond acceptors (Lipinski definition) is 3. The number of thiocarbonyl (C=S) groups is 1. The minimum absolute atomic E-state index is 0.106. The molecular formula is C17H10BrClN2O2S. The van der Waals surface area contributed by atoms with Crippen LogP contribution in [0.1, 0.15) is 27.5 Å². The number of halogens is 2. The minimum Gasteiger partial charge on any atom is -0.508 e. The number of ketones is 1. The molecule has 2 aromatic carbocycles. The first-order chi connectivity index (χ1) is 11.5. The van der Waals surface area contributed by atoms with E-state index in [1.807, 2.05) is 6.07 Å². The van der Waals surface area contributed by atoms with Gasteiger partial charge in [-0.05, 0) is 48.1 Å². The van der Waals surface area contributed by atoms with Crippen LogP contribution in [0.4, 0.5) is 0 Å². The first-order valence-electron chi connectivity index (χ1n) is 7.10. The highest BCUT2D eigenvalue weighted by molar-refractivity contribution is 9.10. The van der Waals surface area contributed by atoms with Crippen LogP contribution in [0, 0.1) is 0 Å². The first-order valence-corrected chi connectivity index (χ1v) is 8.68. The van der Waals surface area contributed by atoms with Crippen molar-refractivity contribution in [2.75, 3.05) is 0 Å². The molecule has 4 nitrogen and oxygen atoms in total. The molecular weight excluding hydrogens is 412 g/mol. The number of Topliss-reactive ketones (excluding diaryl/α,β-unsaturated/α-hetero) is 1. The van der Waals surface area contributed by atoms with Gasteiger partial charge in [-0.1, -0.05) is 33.6 Å². The molecule has 0 fully saturated rings. The molecule has 3 N–H and O–H groups in total. The van der Waals surface area contributed by atoms with E-state index in [9.17, 15) is 9.90 Å². The summed E-state index contributed by atoms with van der Waals surface area (Å²) in [6.45, 7) is 0. The summed E-state index contributed by atoms with van der Waals surface area (Å²) in [5.74, 6) is 0.0119. The fourth-order valence-corrected chi connectivity index (χ4v) is 3.94. The van der Waals surface area contributed by atoms with E-state index in [-0.39, 0.29) is 11.5 Å². The Bertz CT molecular complexity index is 958. The number of benzene rings is 2. The second-order valence-electron chi connectivity index (χ2n) is 5.54. The van der Waals surface area contributed by atoms with Gasteiger partial charge in [0, 0.05) is 20.6 Å². The number of fused-ring (bicyclic) bond motifs is 2. The lowest BCUT2D eigenvalue weighted by Crippen LogP contribution is -2.43. The van der Waals surface area contributed by atoms with E-state index in [0.717, 1.165) is 15.6 Å². The SMILES string of the molecule is O=C1C2=C(NC(=S)NC2c2cc(O)ccc2Br)c2ccc(Cl)cc21. The number of phenolic OH excluding ortho intramolecular Hbond substituents is 1. The van der Waals surface area contributed by atoms with Crippen LogP contribution in [-0.2, 0) is 0 Å². The van der Waals surface area contributed by atoms with Crippen LogP contribution >= 0.6 is 39.7 Å². The lowest BCUT2D eigenvalue weighted by atomic mass is 9.94. The number of carbonyl (C=O) groups is 1. The van der Waals surface area contributed by atoms with E-state index in [4.69, 9.17) is 23.8 Å². The Kier molecular flexibility index (Phi) is 3.63.